The topological polar surface area (TPSA) is 107 Å². The molecule has 2 heterocycles. The fourth-order valence-electron chi connectivity index (χ4n) is 3.17. The van der Waals surface area contributed by atoms with Crippen molar-refractivity contribution < 1.29 is 17.9 Å². The highest BCUT2D eigenvalue weighted by atomic mass is 32.2. The molecule has 0 spiro atoms. The molecule has 10 heteroatoms. The molecule has 1 saturated heterocycles. The molecule has 0 amide bonds. The van der Waals surface area contributed by atoms with Gasteiger partial charge in [0.1, 0.15) is 0 Å². The quantitative estimate of drug-likeness (QED) is 0.645. The molecule has 0 unspecified atom stereocenters. The molecule has 0 atom stereocenters. The lowest BCUT2D eigenvalue weighted by Crippen LogP contribution is -2.36. The Bertz CT molecular complexity index is 935. The van der Waals surface area contributed by atoms with Gasteiger partial charge < -0.3 is 4.74 Å². The van der Waals surface area contributed by atoms with Gasteiger partial charge in [-0.25, -0.2) is 17.9 Å². The Morgan fingerprint density at radius 3 is 2.68 bits per heavy atom. The molecule has 0 saturated carbocycles. The lowest BCUT2D eigenvalue weighted by Gasteiger charge is -2.26. The summed E-state index contributed by atoms with van der Waals surface area (Å²) in [5, 5.41) is 11.3. The second kappa shape index (κ2) is 8.78. The van der Waals surface area contributed by atoms with E-state index in [-0.39, 0.29) is 17.1 Å². The fourth-order valence-corrected chi connectivity index (χ4v) is 4.94. The fraction of sp³-hybridized carbons (Fsp3) is 0.556. The normalized spacial score (nSPS) is 15.5. The first-order valence-electron chi connectivity index (χ1n) is 9.46. The summed E-state index contributed by atoms with van der Waals surface area (Å²) in [6.45, 7) is 5.29. The number of sulfonamides is 1. The maximum absolute atomic E-state index is 13.0. The van der Waals surface area contributed by atoms with Crippen LogP contribution in [-0.4, -0.2) is 52.0 Å². The Labute approximate surface area is 164 Å². The molecule has 0 radical (unpaired) electrons. The average Bonchev–Trinajstić information content (AvgIpc) is 3.14. The molecule has 9 nitrogen and oxygen atoms in total. The maximum Gasteiger partial charge on any atom is 0.338 e. The molecule has 1 aliphatic heterocycles. The third-order valence-electron chi connectivity index (χ3n) is 4.73. The first-order valence-corrected chi connectivity index (χ1v) is 10.9. The van der Waals surface area contributed by atoms with Crippen molar-refractivity contribution in [2.75, 3.05) is 13.1 Å². The van der Waals surface area contributed by atoms with E-state index >= 15 is 0 Å². The number of piperidine rings is 1. The molecule has 1 fully saturated rings. The minimum atomic E-state index is -3.63. The van der Waals surface area contributed by atoms with Crippen molar-refractivity contribution in [3.63, 3.8) is 0 Å². The smallest absolute Gasteiger partial charge is 0.338 e. The molecule has 0 bridgehead atoms. The van der Waals surface area contributed by atoms with Gasteiger partial charge in [-0.2, -0.15) is 4.31 Å². The van der Waals surface area contributed by atoms with Gasteiger partial charge in [-0.15, -0.1) is 5.10 Å². The zero-order valence-electron chi connectivity index (χ0n) is 16.2. The third-order valence-corrected chi connectivity index (χ3v) is 6.77. The molecule has 152 valence electrons. The maximum atomic E-state index is 13.0. The summed E-state index contributed by atoms with van der Waals surface area (Å²) in [5.41, 5.74) is 0.796. The summed E-state index contributed by atoms with van der Waals surface area (Å²) in [4.78, 5) is 12.6. The number of hydrogen-bond acceptors (Lipinski definition) is 7. The van der Waals surface area contributed by atoms with E-state index in [1.165, 1.54) is 10.4 Å². The zero-order chi connectivity index (χ0) is 20.1. The van der Waals surface area contributed by atoms with Crippen LogP contribution in [0.4, 0.5) is 0 Å². The summed E-state index contributed by atoms with van der Waals surface area (Å²) in [5.74, 6) is -0.162. The van der Waals surface area contributed by atoms with Crippen molar-refractivity contribution in [1.82, 2.24) is 24.5 Å². The van der Waals surface area contributed by atoms with Crippen molar-refractivity contribution in [2.24, 2.45) is 0 Å². The van der Waals surface area contributed by atoms with E-state index in [0.29, 0.717) is 31.0 Å². The van der Waals surface area contributed by atoms with E-state index in [1.807, 2.05) is 6.92 Å². The number of carbonyl (C=O) groups excluding carboxylic acids is 1. The second-order valence-electron chi connectivity index (χ2n) is 6.84. The van der Waals surface area contributed by atoms with Crippen LogP contribution < -0.4 is 0 Å². The summed E-state index contributed by atoms with van der Waals surface area (Å²) >= 11 is 0. The van der Waals surface area contributed by atoms with Crippen molar-refractivity contribution in [1.29, 1.82) is 0 Å². The standard InChI is InChI=1S/C18H25N5O4S/c1-3-9-23-17(19-20-21-23)13-27-18(24)15-8-7-14(2)16(12-15)28(25,26)22-10-5-4-6-11-22/h7-8,12H,3-6,9-11,13H2,1-2H3. The lowest BCUT2D eigenvalue weighted by atomic mass is 10.1. The highest BCUT2D eigenvalue weighted by Crippen LogP contribution is 2.24. The molecule has 1 aliphatic rings. The van der Waals surface area contributed by atoms with Crippen molar-refractivity contribution in [3.8, 4) is 0 Å². The predicted molar refractivity (Wildman–Crippen MR) is 101 cm³/mol. The molecular formula is C18H25N5O4S. The Balaban J connectivity index is 1.76. The SMILES string of the molecule is CCCn1nnnc1COC(=O)c1ccc(C)c(S(=O)(=O)N2CCCCC2)c1. The van der Waals surface area contributed by atoms with Gasteiger partial charge in [0.2, 0.25) is 10.0 Å². The number of ether oxygens (including phenoxy) is 1. The van der Waals surface area contributed by atoms with Gasteiger partial charge in [-0.3, -0.25) is 0 Å². The van der Waals surface area contributed by atoms with E-state index in [1.54, 1.807) is 23.7 Å². The second-order valence-corrected chi connectivity index (χ2v) is 8.75. The molecule has 1 aromatic carbocycles. The zero-order valence-corrected chi connectivity index (χ0v) is 17.0. The first-order chi connectivity index (χ1) is 13.4. The van der Waals surface area contributed by atoms with Crippen molar-refractivity contribution in [3.05, 3.63) is 35.2 Å². The van der Waals surface area contributed by atoms with Crippen LogP contribution in [0.15, 0.2) is 23.1 Å². The molecule has 0 N–H and O–H groups in total. The van der Waals surface area contributed by atoms with Crippen LogP contribution >= 0.6 is 0 Å². The largest absolute Gasteiger partial charge is 0.454 e. The summed E-state index contributed by atoms with van der Waals surface area (Å²) in [6, 6.07) is 4.60. The van der Waals surface area contributed by atoms with E-state index in [9.17, 15) is 13.2 Å². The predicted octanol–water partition coefficient (Wildman–Crippen LogP) is 1.92. The number of hydrogen-bond donors (Lipinski definition) is 0. The summed E-state index contributed by atoms with van der Waals surface area (Å²) < 4.78 is 34.3. The van der Waals surface area contributed by atoms with Crippen LogP contribution in [0.5, 0.6) is 0 Å². The number of aryl methyl sites for hydroxylation is 2. The Hall–Kier alpha value is -2.33. The number of nitrogens with zero attached hydrogens (tertiary/aromatic N) is 5. The number of carbonyl (C=O) groups is 1. The van der Waals surface area contributed by atoms with Crippen LogP contribution in [0.25, 0.3) is 0 Å². The lowest BCUT2D eigenvalue weighted by molar-refractivity contribution is 0.0456. The highest BCUT2D eigenvalue weighted by Gasteiger charge is 2.28. The Morgan fingerprint density at radius 2 is 1.96 bits per heavy atom. The van der Waals surface area contributed by atoms with Crippen LogP contribution in [0.3, 0.4) is 0 Å². The number of benzene rings is 1. The van der Waals surface area contributed by atoms with Crippen LogP contribution in [0.1, 0.15) is 54.4 Å². The highest BCUT2D eigenvalue weighted by molar-refractivity contribution is 7.89. The molecule has 1 aromatic heterocycles. The van der Waals surface area contributed by atoms with Crippen LogP contribution in [0.2, 0.25) is 0 Å². The van der Waals surface area contributed by atoms with E-state index in [0.717, 1.165) is 25.7 Å². The van der Waals surface area contributed by atoms with Crippen LogP contribution in [-0.2, 0) is 27.9 Å². The van der Waals surface area contributed by atoms with Crippen molar-refractivity contribution in [2.45, 2.75) is 57.6 Å². The number of esters is 1. The molecule has 0 aliphatic carbocycles. The number of tetrazole rings is 1. The van der Waals surface area contributed by atoms with Gasteiger partial charge in [0, 0.05) is 19.6 Å². The third kappa shape index (κ3) is 4.39. The minimum absolute atomic E-state index is 0.0755. The van der Waals surface area contributed by atoms with Crippen LogP contribution in [0, 0.1) is 6.92 Å². The van der Waals surface area contributed by atoms with Gasteiger partial charge in [0.05, 0.1) is 10.5 Å². The first kappa shape index (κ1) is 20.4. The van der Waals surface area contributed by atoms with E-state index in [2.05, 4.69) is 15.5 Å². The van der Waals surface area contributed by atoms with Gasteiger partial charge in [-0.1, -0.05) is 19.4 Å². The van der Waals surface area contributed by atoms with Gasteiger partial charge in [0.25, 0.3) is 0 Å². The Kier molecular flexibility index (Phi) is 6.40. The van der Waals surface area contributed by atoms with E-state index < -0.39 is 16.0 Å². The molecule has 3 rings (SSSR count). The summed E-state index contributed by atoms with van der Waals surface area (Å²) in [7, 11) is -3.63. The average molecular weight is 407 g/mol. The van der Waals surface area contributed by atoms with Crippen molar-refractivity contribution >= 4 is 16.0 Å². The van der Waals surface area contributed by atoms with Gasteiger partial charge >= 0.3 is 5.97 Å². The Morgan fingerprint density at radius 1 is 1.21 bits per heavy atom. The monoisotopic (exact) mass is 407 g/mol. The van der Waals surface area contributed by atoms with Gasteiger partial charge in [-0.05, 0) is 54.3 Å². The van der Waals surface area contributed by atoms with E-state index in [4.69, 9.17) is 4.74 Å². The molecule has 28 heavy (non-hydrogen) atoms. The molecule has 2 aromatic rings. The molecular weight excluding hydrogens is 382 g/mol. The minimum Gasteiger partial charge on any atom is -0.454 e. The summed E-state index contributed by atoms with van der Waals surface area (Å²) in [6.07, 6.45) is 3.59. The van der Waals surface area contributed by atoms with Gasteiger partial charge in [0.15, 0.2) is 12.4 Å². The number of aromatic nitrogens is 4. The number of rotatable bonds is 7.